The number of hydrogen-bond donors (Lipinski definition) is 3. The van der Waals surface area contributed by atoms with Crippen LogP contribution >= 0.6 is 11.6 Å². The largest absolute Gasteiger partial charge is 0.375 e. The lowest BCUT2D eigenvalue weighted by Gasteiger charge is -2.45. The van der Waals surface area contributed by atoms with E-state index in [9.17, 15) is 9.18 Å². The Bertz CT molecular complexity index is 959. The number of halogens is 2. The van der Waals surface area contributed by atoms with Crippen LogP contribution in [0.5, 0.6) is 0 Å². The summed E-state index contributed by atoms with van der Waals surface area (Å²) in [6.07, 6.45) is 2.14. The molecule has 0 saturated carbocycles. The van der Waals surface area contributed by atoms with E-state index in [0.29, 0.717) is 23.8 Å². The normalized spacial score (nSPS) is 23.9. The monoisotopic (exact) mass is 474 g/mol. The molecule has 0 bridgehead atoms. The summed E-state index contributed by atoms with van der Waals surface area (Å²) in [5, 5.41) is 9.57. The molecular weight excluding hydrogens is 443 g/mol. The molecule has 2 aliphatic rings. The minimum absolute atomic E-state index is 0.0618. The number of hydrogen-bond acceptors (Lipinski definition) is 4. The maximum Gasteiger partial charge on any atom is 0.314 e. The zero-order chi connectivity index (χ0) is 23.4. The summed E-state index contributed by atoms with van der Waals surface area (Å²) >= 11 is 6.19. The Hall–Kier alpha value is -2.35. The van der Waals surface area contributed by atoms with Crippen molar-refractivity contribution in [3.05, 3.63) is 64.4 Å². The molecule has 8 heteroatoms. The topological polar surface area (TPSA) is 65.6 Å². The number of carbonyl (C=O) groups excluding carboxylic acids is 1. The third kappa shape index (κ3) is 5.78. The Balaban J connectivity index is 1.44. The van der Waals surface area contributed by atoms with E-state index >= 15 is 0 Å². The number of carbonyl (C=O) groups is 1. The first-order chi connectivity index (χ1) is 15.9. The number of rotatable bonds is 7. The number of urea groups is 1. The Morgan fingerprint density at radius 1 is 1.21 bits per heavy atom. The molecule has 1 saturated heterocycles. The molecule has 0 unspecified atom stereocenters. The molecule has 6 nitrogen and oxygen atoms in total. The molecule has 33 heavy (non-hydrogen) atoms. The van der Waals surface area contributed by atoms with Gasteiger partial charge in [0.1, 0.15) is 5.82 Å². The highest BCUT2D eigenvalue weighted by atomic mass is 35.5. The van der Waals surface area contributed by atoms with Gasteiger partial charge in [0.05, 0.1) is 23.9 Å². The van der Waals surface area contributed by atoms with Gasteiger partial charge in [0, 0.05) is 29.6 Å². The van der Waals surface area contributed by atoms with E-state index in [0.717, 1.165) is 36.9 Å². The summed E-state index contributed by atoms with van der Waals surface area (Å²) in [7, 11) is 4.02. The quantitative estimate of drug-likeness (QED) is 0.507. The van der Waals surface area contributed by atoms with Crippen LogP contribution in [0.4, 0.5) is 14.9 Å². The van der Waals surface area contributed by atoms with Gasteiger partial charge in [-0.3, -0.25) is 0 Å². The van der Waals surface area contributed by atoms with Crippen molar-refractivity contribution in [1.82, 2.24) is 15.5 Å². The van der Waals surface area contributed by atoms with Crippen LogP contribution in [-0.4, -0.2) is 50.8 Å². The van der Waals surface area contributed by atoms with Crippen molar-refractivity contribution >= 4 is 23.3 Å². The molecule has 3 N–H and O–H groups in total. The van der Waals surface area contributed by atoms with Crippen LogP contribution in [0.2, 0.25) is 5.02 Å². The molecule has 2 aromatic rings. The zero-order valence-corrected chi connectivity index (χ0v) is 19.9. The molecule has 2 heterocycles. The van der Waals surface area contributed by atoms with Gasteiger partial charge >= 0.3 is 6.03 Å². The van der Waals surface area contributed by atoms with Gasteiger partial charge in [0.25, 0.3) is 0 Å². The summed E-state index contributed by atoms with van der Waals surface area (Å²) in [6, 6.07) is 12.9. The van der Waals surface area contributed by atoms with E-state index in [-0.39, 0.29) is 36.0 Å². The first-order valence-corrected chi connectivity index (χ1v) is 11.9. The van der Waals surface area contributed by atoms with Crippen LogP contribution in [0.15, 0.2) is 42.5 Å². The molecule has 2 amide bonds. The third-order valence-electron chi connectivity index (χ3n) is 6.39. The van der Waals surface area contributed by atoms with E-state index in [1.54, 1.807) is 6.07 Å². The van der Waals surface area contributed by atoms with Crippen LogP contribution in [-0.2, 0) is 4.74 Å². The summed E-state index contributed by atoms with van der Waals surface area (Å²) in [5.74, 6) is -0.244. The molecule has 178 valence electrons. The highest BCUT2D eigenvalue weighted by molar-refractivity contribution is 6.30. The Kier molecular flexibility index (Phi) is 7.73. The van der Waals surface area contributed by atoms with Gasteiger partial charge in [0.2, 0.25) is 0 Å². The molecular formula is C25H32ClFN4O2. The summed E-state index contributed by atoms with van der Waals surface area (Å²) in [4.78, 5) is 14.3. The van der Waals surface area contributed by atoms with Gasteiger partial charge in [-0.25, -0.2) is 9.18 Å². The van der Waals surface area contributed by atoms with Crippen molar-refractivity contribution in [1.29, 1.82) is 0 Å². The lowest BCUT2D eigenvalue weighted by atomic mass is 9.76. The third-order valence-corrected chi connectivity index (χ3v) is 6.60. The maximum atomic E-state index is 14.9. The standard InChI is InChI=1S/C25H32ClFN4O2/c1-31(2)12-6-11-28-25(32)29-15-18-9-10-19-22(16-7-4-3-5-8-16)30-23-20(24(19)33-18)13-17(26)14-21(23)27/h3-5,7-8,13-14,18-19,22,24,30H,6,9-12,15H2,1-2H3,(H2,28,29,32)/t18-,19+,22+,24+/m1/s1. The van der Waals surface area contributed by atoms with Crippen LogP contribution in [0, 0.1) is 11.7 Å². The molecule has 0 aromatic heterocycles. The van der Waals surface area contributed by atoms with Crippen molar-refractivity contribution in [3.8, 4) is 0 Å². The van der Waals surface area contributed by atoms with Gasteiger partial charge in [-0.15, -0.1) is 0 Å². The first kappa shape index (κ1) is 23.8. The van der Waals surface area contributed by atoms with E-state index < -0.39 is 0 Å². The van der Waals surface area contributed by atoms with E-state index in [4.69, 9.17) is 16.3 Å². The highest BCUT2D eigenvalue weighted by Crippen LogP contribution is 2.51. The summed E-state index contributed by atoms with van der Waals surface area (Å²) in [6.45, 7) is 1.95. The molecule has 4 rings (SSSR count). The number of amides is 2. The first-order valence-electron chi connectivity index (χ1n) is 11.5. The second-order valence-corrected chi connectivity index (χ2v) is 9.53. The Morgan fingerprint density at radius 2 is 2.00 bits per heavy atom. The van der Waals surface area contributed by atoms with Gasteiger partial charge in [0.15, 0.2) is 0 Å². The van der Waals surface area contributed by atoms with Crippen molar-refractivity contribution in [2.45, 2.75) is 37.5 Å². The van der Waals surface area contributed by atoms with E-state index in [1.807, 2.05) is 32.3 Å². The van der Waals surface area contributed by atoms with E-state index in [1.165, 1.54) is 6.07 Å². The smallest absolute Gasteiger partial charge is 0.314 e. The minimum Gasteiger partial charge on any atom is -0.375 e. The van der Waals surface area contributed by atoms with Crippen molar-refractivity contribution < 1.29 is 13.9 Å². The van der Waals surface area contributed by atoms with Gasteiger partial charge < -0.3 is 25.6 Å². The summed E-state index contributed by atoms with van der Waals surface area (Å²) < 4.78 is 21.3. The molecule has 1 fully saturated rings. The lowest BCUT2D eigenvalue weighted by molar-refractivity contribution is -0.0907. The second-order valence-electron chi connectivity index (χ2n) is 9.10. The van der Waals surface area contributed by atoms with Crippen LogP contribution < -0.4 is 16.0 Å². The predicted octanol–water partition coefficient (Wildman–Crippen LogP) is 4.73. The van der Waals surface area contributed by atoms with Gasteiger partial charge in [-0.1, -0.05) is 41.9 Å². The molecule has 0 spiro atoms. The number of ether oxygens (including phenoxy) is 1. The average Bonchev–Trinajstić information content (AvgIpc) is 2.80. The molecule has 4 atom stereocenters. The molecule has 2 aliphatic heterocycles. The van der Waals surface area contributed by atoms with Crippen LogP contribution in [0.25, 0.3) is 0 Å². The highest BCUT2D eigenvalue weighted by Gasteiger charge is 2.43. The zero-order valence-electron chi connectivity index (χ0n) is 19.1. The molecule has 2 aromatic carbocycles. The maximum absolute atomic E-state index is 14.9. The number of nitrogens with one attached hydrogen (secondary N) is 3. The Morgan fingerprint density at radius 3 is 2.76 bits per heavy atom. The minimum atomic E-state index is -0.377. The number of fused-ring (bicyclic) bond motifs is 3. The van der Waals surface area contributed by atoms with Crippen molar-refractivity contribution in [2.24, 2.45) is 5.92 Å². The SMILES string of the molecule is CN(C)CCCNC(=O)NC[C@H]1CC[C@@H]2[C@H](O1)c1cc(Cl)cc(F)c1N[C@H]2c1ccccc1. The van der Waals surface area contributed by atoms with E-state index in [2.05, 4.69) is 33.0 Å². The fourth-order valence-electron chi connectivity index (χ4n) is 4.79. The average molecular weight is 475 g/mol. The lowest BCUT2D eigenvalue weighted by Crippen LogP contribution is -2.45. The van der Waals surface area contributed by atoms with Crippen molar-refractivity contribution in [3.63, 3.8) is 0 Å². The fraction of sp³-hybridized carbons (Fsp3) is 0.480. The van der Waals surface area contributed by atoms with Crippen molar-refractivity contribution in [2.75, 3.05) is 39.0 Å². The number of benzene rings is 2. The second kappa shape index (κ2) is 10.7. The van der Waals surface area contributed by atoms with Crippen LogP contribution in [0.3, 0.4) is 0 Å². The summed E-state index contributed by atoms with van der Waals surface area (Å²) in [5.41, 5.74) is 2.29. The molecule has 0 radical (unpaired) electrons. The molecule has 0 aliphatic carbocycles. The number of anilines is 1. The van der Waals surface area contributed by atoms with Crippen LogP contribution in [0.1, 0.15) is 42.5 Å². The number of nitrogens with zero attached hydrogens (tertiary/aromatic N) is 1. The predicted molar refractivity (Wildman–Crippen MR) is 129 cm³/mol. The fourth-order valence-corrected chi connectivity index (χ4v) is 5.00. The van der Waals surface area contributed by atoms with Gasteiger partial charge in [-0.2, -0.15) is 0 Å². The van der Waals surface area contributed by atoms with Gasteiger partial charge in [-0.05, 0) is 57.6 Å². The Labute approximate surface area is 199 Å².